The first kappa shape index (κ1) is 72.1. The molecule has 0 aromatic heterocycles. The Labute approximate surface area is 470 Å². The highest BCUT2D eigenvalue weighted by Crippen LogP contribution is 2.15. The average molecular weight is 1060 g/mol. The van der Waals surface area contributed by atoms with Crippen molar-refractivity contribution < 1.29 is 28.6 Å². The number of unbranched alkanes of at least 4 members (excludes halogenated alkanes) is 28. The molecular weight excluding hydrogens is 937 g/mol. The molecule has 0 aromatic carbocycles. The third kappa shape index (κ3) is 60.9. The lowest BCUT2D eigenvalue weighted by molar-refractivity contribution is -0.167. The number of hydrogen-bond donors (Lipinski definition) is 0. The van der Waals surface area contributed by atoms with Crippen LogP contribution in [0, 0.1) is 0 Å². The van der Waals surface area contributed by atoms with Crippen molar-refractivity contribution in [2.75, 3.05) is 13.2 Å². The summed E-state index contributed by atoms with van der Waals surface area (Å²) in [5, 5.41) is 0. The van der Waals surface area contributed by atoms with E-state index in [9.17, 15) is 14.4 Å². The molecule has 76 heavy (non-hydrogen) atoms. The van der Waals surface area contributed by atoms with Crippen LogP contribution < -0.4 is 0 Å². The summed E-state index contributed by atoms with van der Waals surface area (Å²) >= 11 is 0. The summed E-state index contributed by atoms with van der Waals surface area (Å²) in [4.78, 5) is 38.3. The molecule has 0 saturated carbocycles. The fourth-order valence-corrected chi connectivity index (χ4v) is 8.72. The monoisotopic (exact) mass is 1050 g/mol. The highest BCUT2D eigenvalue weighted by molar-refractivity contribution is 5.71. The van der Waals surface area contributed by atoms with Gasteiger partial charge in [0.25, 0.3) is 0 Å². The van der Waals surface area contributed by atoms with Gasteiger partial charge in [0.15, 0.2) is 6.10 Å². The van der Waals surface area contributed by atoms with Crippen LogP contribution in [0.5, 0.6) is 0 Å². The Hall–Kier alpha value is -3.93. The molecule has 0 aliphatic carbocycles. The van der Waals surface area contributed by atoms with Crippen molar-refractivity contribution in [3.05, 3.63) is 109 Å². The van der Waals surface area contributed by atoms with Crippen LogP contribution in [-0.4, -0.2) is 37.2 Å². The van der Waals surface area contributed by atoms with E-state index in [2.05, 4.69) is 130 Å². The van der Waals surface area contributed by atoms with Gasteiger partial charge in [-0.25, -0.2) is 0 Å². The van der Waals surface area contributed by atoms with E-state index >= 15 is 0 Å². The van der Waals surface area contributed by atoms with Crippen molar-refractivity contribution >= 4 is 17.9 Å². The largest absolute Gasteiger partial charge is 0.462 e. The van der Waals surface area contributed by atoms with Crippen molar-refractivity contribution in [3.8, 4) is 0 Å². The van der Waals surface area contributed by atoms with E-state index in [-0.39, 0.29) is 37.5 Å². The van der Waals surface area contributed by atoms with Crippen LogP contribution in [0.25, 0.3) is 0 Å². The lowest BCUT2D eigenvalue weighted by atomic mass is 10.1. The second-order valence-electron chi connectivity index (χ2n) is 20.9. The Bertz CT molecular complexity index is 1540. The van der Waals surface area contributed by atoms with Gasteiger partial charge in [0, 0.05) is 19.3 Å². The zero-order valence-corrected chi connectivity index (χ0v) is 49.7. The van der Waals surface area contributed by atoms with Crippen LogP contribution in [0.2, 0.25) is 0 Å². The lowest BCUT2D eigenvalue weighted by Crippen LogP contribution is -2.30. The molecule has 0 spiro atoms. The number of ether oxygens (including phenoxy) is 3. The van der Waals surface area contributed by atoms with Gasteiger partial charge in [0.2, 0.25) is 0 Å². The van der Waals surface area contributed by atoms with E-state index in [1.807, 2.05) is 0 Å². The lowest BCUT2D eigenvalue weighted by Gasteiger charge is -2.18. The van der Waals surface area contributed by atoms with E-state index in [0.717, 1.165) is 103 Å². The van der Waals surface area contributed by atoms with Gasteiger partial charge in [-0.05, 0) is 122 Å². The molecule has 0 heterocycles. The molecule has 6 nitrogen and oxygen atoms in total. The molecule has 1 unspecified atom stereocenters. The Kier molecular flexibility index (Phi) is 60.3. The van der Waals surface area contributed by atoms with E-state index in [0.29, 0.717) is 19.3 Å². The minimum atomic E-state index is -0.816. The van der Waals surface area contributed by atoms with Crippen molar-refractivity contribution in [2.45, 2.75) is 303 Å². The fourth-order valence-electron chi connectivity index (χ4n) is 8.72. The molecule has 6 heteroatoms. The second-order valence-corrected chi connectivity index (χ2v) is 20.9. The van der Waals surface area contributed by atoms with E-state index in [1.54, 1.807) is 0 Å². The molecule has 434 valence electrons. The van der Waals surface area contributed by atoms with Crippen LogP contribution in [0.4, 0.5) is 0 Å². The normalized spacial score (nSPS) is 12.8. The first-order valence-corrected chi connectivity index (χ1v) is 31.9. The molecule has 0 fully saturated rings. The average Bonchev–Trinajstić information content (AvgIpc) is 3.42. The van der Waals surface area contributed by atoms with Crippen molar-refractivity contribution in [1.82, 2.24) is 0 Å². The van der Waals surface area contributed by atoms with Gasteiger partial charge >= 0.3 is 17.9 Å². The van der Waals surface area contributed by atoms with Gasteiger partial charge in [-0.3, -0.25) is 14.4 Å². The maximum atomic E-state index is 12.9. The number of carbonyl (C=O) groups excluding carboxylic acids is 3. The summed E-state index contributed by atoms with van der Waals surface area (Å²) < 4.78 is 16.9. The number of allylic oxidation sites excluding steroid dienone is 18. The van der Waals surface area contributed by atoms with E-state index in [1.165, 1.54) is 148 Å². The summed E-state index contributed by atoms with van der Waals surface area (Å²) in [5.41, 5.74) is 0. The molecule has 0 rings (SSSR count). The van der Waals surface area contributed by atoms with Gasteiger partial charge in [0.05, 0.1) is 0 Å². The standard InChI is InChI=1S/C70H118O6/c1-4-7-10-13-16-19-22-25-28-31-32-33-34-35-36-37-38-40-42-45-48-51-54-57-60-63-69(72)75-66-67(65-74-68(71)62-59-56-53-50-47-44-41-30-27-24-21-18-15-12-9-6-3)76-70(73)64-61-58-55-52-49-46-43-39-29-26-23-20-17-14-11-8-5-2/h8,11,17,20,22,25-26,29-32,34-35,41,43,46,52,55,67H,4-7,9-10,12-16,18-19,21,23-24,27-28,33,36-40,42,44-45,47-51,53-54,56-66H2,1-3H3/b11-8-,20-17-,25-22-,29-26-,32-31-,35-34-,41-30-,46-43-,55-52-. The minimum absolute atomic E-state index is 0.106. The molecular formula is C70H118O6. The maximum absolute atomic E-state index is 12.9. The molecule has 0 amide bonds. The summed E-state index contributed by atoms with van der Waals surface area (Å²) in [6.07, 6.45) is 86.7. The number of rotatable bonds is 57. The summed E-state index contributed by atoms with van der Waals surface area (Å²) in [6.45, 7) is 6.47. The molecule has 0 saturated heterocycles. The quantitative estimate of drug-likeness (QED) is 0.0261. The van der Waals surface area contributed by atoms with Crippen LogP contribution >= 0.6 is 0 Å². The molecule has 0 aromatic rings. The second kappa shape index (κ2) is 63.6. The third-order valence-electron chi connectivity index (χ3n) is 13.5. The smallest absolute Gasteiger partial charge is 0.306 e. The molecule has 0 aliphatic rings. The number of hydrogen-bond acceptors (Lipinski definition) is 6. The zero-order valence-electron chi connectivity index (χ0n) is 49.7. The van der Waals surface area contributed by atoms with Gasteiger partial charge in [0.1, 0.15) is 13.2 Å². The topological polar surface area (TPSA) is 78.9 Å². The Morgan fingerprint density at radius 1 is 0.276 bits per heavy atom. The van der Waals surface area contributed by atoms with Crippen LogP contribution in [0.15, 0.2) is 109 Å². The summed E-state index contributed by atoms with van der Waals surface area (Å²) in [6, 6.07) is 0. The number of carbonyl (C=O) groups is 3. The minimum Gasteiger partial charge on any atom is -0.462 e. The van der Waals surface area contributed by atoms with Crippen molar-refractivity contribution in [2.24, 2.45) is 0 Å². The van der Waals surface area contributed by atoms with Crippen molar-refractivity contribution in [3.63, 3.8) is 0 Å². The van der Waals surface area contributed by atoms with E-state index in [4.69, 9.17) is 14.2 Å². The predicted octanol–water partition coefficient (Wildman–Crippen LogP) is 21.8. The predicted molar refractivity (Wildman–Crippen MR) is 330 cm³/mol. The Balaban J connectivity index is 4.42. The van der Waals surface area contributed by atoms with Crippen LogP contribution in [-0.2, 0) is 28.6 Å². The van der Waals surface area contributed by atoms with Gasteiger partial charge in [-0.1, -0.05) is 265 Å². The highest BCUT2D eigenvalue weighted by Gasteiger charge is 2.19. The van der Waals surface area contributed by atoms with Gasteiger partial charge in [-0.15, -0.1) is 0 Å². The van der Waals surface area contributed by atoms with Crippen LogP contribution in [0.1, 0.15) is 297 Å². The fraction of sp³-hybridized carbons (Fsp3) is 0.700. The van der Waals surface area contributed by atoms with Crippen molar-refractivity contribution in [1.29, 1.82) is 0 Å². The van der Waals surface area contributed by atoms with E-state index < -0.39 is 6.10 Å². The zero-order chi connectivity index (χ0) is 55.0. The Morgan fingerprint density at radius 3 is 0.855 bits per heavy atom. The Morgan fingerprint density at radius 2 is 0.526 bits per heavy atom. The highest BCUT2D eigenvalue weighted by atomic mass is 16.6. The summed E-state index contributed by atoms with van der Waals surface area (Å²) in [7, 11) is 0. The number of esters is 3. The third-order valence-corrected chi connectivity index (χ3v) is 13.5. The molecule has 0 aliphatic heterocycles. The molecule has 0 bridgehead atoms. The van der Waals surface area contributed by atoms with Gasteiger partial charge in [-0.2, -0.15) is 0 Å². The maximum Gasteiger partial charge on any atom is 0.306 e. The first-order valence-electron chi connectivity index (χ1n) is 31.9. The summed E-state index contributed by atoms with van der Waals surface area (Å²) in [5.74, 6) is -0.971. The molecule has 1 atom stereocenters. The SMILES string of the molecule is CC/C=C\C/C=C\C/C=C\C/C=C\C/C=C\CCCC(=O)OC(COC(=O)CCCCCCC/C=C\CCCCCCCCC)COC(=O)CCCCCCCCCCCC/C=C\C/C=C\C/C=C\CCCCCCC. The molecule has 0 N–H and O–H groups in total. The van der Waals surface area contributed by atoms with Crippen LogP contribution in [0.3, 0.4) is 0 Å². The molecule has 0 radical (unpaired) electrons. The first-order chi connectivity index (χ1) is 37.5. The van der Waals surface area contributed by atoms with Gasteiger partial charge < -0.3 is 14.2 Å².